The molecule has 142 valence electrons. The predicted molar refractivity (Wildman–Crippen MR) is 123 cm³/mol. The number of aryl methyl sites for hydroxylation is 1. The van der Waals surface area contributed by atoms with Crippen molar-refractivity contribution in [2.24, 2.45) is 10.7 Å². The van der Waals surface area contributed by atoms with Gasteiger partial charge in [-0.2, -0.15) is 0 Å². The first-order chi connectivity index (χ1) is 12.0. The molecular weight excluding hydrogens is 435 g/mol. The average Bonchev–Trinajstić information content (AvgIpc) is 2.61. The number of nitrogens with one attached hydrogen (secondary N) is 1. The van der Waals surface area contributed by atoms with Crippen LogP contribution in [0.5, 0.6) is 0 Å². The summed E-state index contributed by atoms with van der Waals surface area (Å²) in [5.41, 5.74) is 10.8. The second-order valence-electron chi connectivity index (χ2n) is 6.66. The van der Waals surface area contributed by atoms with Gasteiger partial charge in [0, 0.05) is 18.3 Å². The lowest BCUT2D eigenvalue weighted by Crippen LogP contribution is -2.26. The minimum absolute atomic E-state index is 0. The number of halogens is 1. The van der Waals surface area contributed by atoms with E-state index in [0.717, 1.165) is 18.7 Å². The van der Waals surface area contributed by atoms with E-state index < -0.39 is 0 Å². The molecular formula is C21H31IN4. The maximum Gasteiger partial charge on any atom is 0.193 e. The first kappa shape index (κ1) is 22.4. The lowest BCUT2D eigenvalue weighted by atomic mass is 10.1. The maximum atomic E-state index is 6.07. The normalized spacial score (nSPS) is 11.5. The third-order valence-electron chi connectivity index (χ3n) is 4.45. The summed E-state index contributed by atoms with van der Waals surface area (Å²) in [7, 11) is 2.14. The SMILES string of the molecule is CCc1cccc(NC(N)=NCc2ccccc2CN(C)C(C)C)c1.I. The van der Waals surface area contributed by atoms with E-state index in [-0.39, 0.29) is 24.0 Å². The van der Waals surface area contributed by atoms with Crippen LogP contribution >= 0.6 is 24.0 Å². The molecule has 0 spiro atoms. The Morgan fingerprint density at radius 3 is 2.46 bits per heavy atom. The zero-order chi connectivity index (χ0) is 18.2. The predicted octanol–water partition coefficient (Wildman–Crippen LogP) is 4.63. The number of nitrogens with two attached hydrogens (primary N) is 1. The summed E-state index contributed by atoms with van der Waals surface area (Å²) in [4.78, 5) is 6.84. The van der Waals surface area contributed by atoms with Gasteiger partial charge in [-0.25, -0.2) is 4.99 Å². The summed E-state index contributed by atoms with van der Waals surface area (Å²) in [6.07, 6.45) is 1.00. The van der Waals surface area contributed by atoms with E-state index in [9.17, 15) is 0 Å². The molecule has 0 aromatic heterocycles. The molecule has 0 heterocycles. The van der Waals surface area contributed by atoms with Gasteiger partial charge in [-0.1, -0.05) is 43.3 Å². The fourth-order valence-electron chi connectivity index (χ4n) is 2.54. The van der Waals surface area contributed by atoms with Crippen molar-refractivity contribution in [1.82, 2.24) is 4.90 Å². The zero-order valence-corrected chi connectivity index (χ0v) is 18.5. The van der Waals surface area contributed by atoms with Gasteiger partial charge in [-0.3, -0.25) is 4.90 Å². The van der Waals surface area contributed by atoms with Gasteiger partial charge < -0.3 is 11.1 Å². The fourth-order valence-corrected chi connectivity index (χ4v) is 2.54. The highest BCUT2D eigenvalue weighted by molar-refractivity contribution is 14.0. The van der Waals surface area contributed by atoms with Crippen LogP contribution in [0.4, 0.5) is 5.69 Å². The molecule has 0 aliphatic heterocycles. The maximum absolute atomic E-state index is 6.07. The van der Waals surface area contributed by atoms with E-state index in [1.807, 2.05) is 12.1 Å². The minimum Gasteiger partial charge on any atom is -0.370 e. The molecule has 0 fully saturated rings. The molecule has 26 heavy (non-hydrogen) atoms. The molecule has 0 radical (unpaired) electrons. The van der Waals surface area contributed by atoms with Gasteiger partial charge >= 0.3 is 0 Å². The van der Waals surface area contributed by atoms with Crippen molar-refractivity contribution in [3.63, 3.8) is 0 Å². The van der Waals surface area contributed by atoms with Crippen molar-refractivity contribution < 1.29 is 0 Å². The van der Waals surface area contributed by atoms with Crippen LogP contribution in [0.25, 0.3) is 0 Å². The van der Waals surface area contributed by atoms with Crippen molar-refractivity contribution in [2.75, 3.05) is 12.4 Å². The van der Waals surface area contributed by atoms with Crippen molar-refractivity contribution in [3.05, 3.63) is 65.2 Å². The Labute approximate surface area is 174 Å². The average molecular weight is 466 g/mol. The van der Waals surface area contributed by atoms with E-state index in [1.165, 1.54) is 16.7 Å². The molecule has 0 unspecified atom stereocenters. The summed E-state index contributed by atoms with van der Waals surface area (Å²) in [5.74, 6) is 0.445. The highest BCUT2D eigenvalue weighted by atomic mass is 127. The van der Waals surface area contributed by atoms with Gasteiger partial charge in [0.15, 0.2) is 5.96 Å². The molecule has 2 rings (SSSR count). The van der Waals surface area contributed by atoms with Gasteiger partial charge in [-0.15, -0.1) is 24.0 Å². The van der Waals surface area contributed by atoms with Crippen LogP contribution in [-0.2, 0) is 19.5 Å². The summed E-state index contributed by atoms with van der Waals surface area (Å²) < 4.78 is 0. The van der Waals surface area contributed by atoms with Crippen molar-refractivity contribution in [3.8, 4) is 0 Å². The third-order valence-corrected chi connectivity index (χ3v) is 4.45. The molecule has 0 aliphatic carbocycles. The Hall–Kier alpha value is -1.60. The monoisotopic (exact) mass is 466 g/mol. The lowest BCUT2D eigenvalue weighted by Gasteiger charge is -2.22. The number of guanidine groups is 1. The third kappa shape index (κ3) is 6.96. The number of rotatable bonds is 7. The number of hydrogen-bond donors (Lipinski definition) is 2. The summed E-state index contributed by atoms with van der Waals surface area (Å²) in [6, 6.07) is 17.2. The van der Waals surface area contributed by atoms with Gasteiger partial charge in [-0.05, 0) is 56.1 Å². The number of hydrogen-bond acceptors (Lipinski definition) is 2. The number of nitrogens with zero attached hydrogens (tertiary/aromatic N) is 2. The number of aliphatic imine (C=N–C) groups is 1. The van der Waals surface area contributed by atoms with Crippen LogP contribution in [0.15, 0.2) is 53.5 Å². The van der Waals surface area contributed by atoms with E-state index in [4.69, 9.17) is 5.73 Å². The molecule has 4 nitrogen and oxygen atoms in total. The highest BCUT2D eigenvalue weighted by Crippen LogP contribution is 2.14. The molecule has 0 saturated carbocycles. The Balaban J connectivity index is 0.00000338. The van der Waals surface area contributed by atoms with Crippen LogP contribution in [0, 0.1) is 0 Å². The highest BCUT2D eigenvalue weighted by Gasteiger charge is 2.08. The van der Waals surface area contributed by atoms with Gasteiger partial charge in [0.1, 0.15) is 0 Å². The summed E-state index contributed by atoms with van der Waals surface area (Å²) in [5, 5.41) is 3.18. The minimum atomic E-state index is 0. The smallest absolute Gasteiger partial charge is 0.193 e. The van der Waals surface area contributed by atoms with Gasteiger partial charge in [0.2, 0.25) is 0 Å². The van der Waals surface area contributed by atoms with Gasteiger partial charge in [0.05, 0.1) is 6.54 Å². The molecule has 0 bridgehead atoms. The summed E-state index contributed by atoms with van der Waals surface area (Å²) >= 11 is 0. The van der Waals surface area contributed by atoms with E-state index in [0.29, 0.717) is 18.5 Å². The van der Waals surface area contributed by atoms with Crippen molar-refractivity contribution in [1.29, 1.82) is 0 Å². The van der Waals surface area contributed by atoms with Crippen LogP contribution in [0.3, 0.4) is 0 Å². The second kappa shape index (κ2) is 11.2. The molecule has 5 heteroatoms. The topological polar surface area (TPSA) is 53.6 Å². The Morgan fingerprint density at radius 2 is 1.81 bits per heavy atom. The van der Waals surface area contributed by atoms with E-state index in [2.05, 4.69) is 79.4 Å². The molecule has 0 saturated heterocycles. The van der Waals surface area contributed by atoms with Crippen molar-refractivity contribution >= 4 is 35.6 Å². The number of benzene rings is 2. The first-order valence-corrected chi connectivity index (χ1v) is 8.92. The van der Waals surface area contributed by atoms with Gasteiger partial charge in [0.25, 0.3) is 0 Å². The molecule has 0 atom stereocenters. The Bertz CT molecular complexity index is 713. The molecule has 0 aliphatic rings. The zero-order valence-electron chi connectivity index (χ0n) is 16.2. The van der Waals surface area contributed by atoms with E-state index in [1.54, 1.807) is 0 Å². The number of anilines is 1. The summed E-state index contributed by atoms with van der Waals surface area (Å²) in [6.45, 7) is 8.03. The fraction of sp³-hybridized carbons (Fsp3) is 0.381. The molecule has 2 aromatic rings. The Morgan fingerprint density at radius 1 is 1.12 bits per heavy atom. The van der Waals surface area contributed by atoms with E-state index >= 15 is 0 Å². The van der Waals surface area contributed by atoms with Crippen LogP contribution < -0.4 is 11.1 Å². The lowest BCUT2D eigenvalue weighted by molar-refractivity contribution is 0.265. The standard InChI is InChI=1S/C21H30N4.HI/c1-5-17-9-8-12-20(13-17)24-21(22)23-14-18-10-6-7-11-19(18)15-25(4)16(2)3;/h6-13,16H,5,14-15H2,1-4H3,(H3,22,23,24);1H. The largest absolute Gasteiger partial charge is 0.370 e. The van der Waals surface area contributed by atoms with Crippen LogP contribution in [-0.4, -0.2) is 23.9 Å². The molecule has 2 aromatic carbocycles. The van der Waals surface area contributed by atoms with Crippen LogP contribution in [0.2, 0.25) is 0 Å². The van der Waals surface area contributed by atoms with Crippen molar-refractivity contribution in [2.45, 2.75) is 46.3 Å². The molecule has 3 N–H and O–H groups in total. The quantitative estimate of drug-likeness (QED) is 0.355. The molecule has 0 amide bonds. The second-order valence-corrected chi connectivity index (χ2v) is 6.66. The first-order valence-electron chi connectivity index (χ1n) is 8.92. The Kier molecular flexibility index (Phi) is 9.65. The van der Waals surface area contributed by atoms with Crippen LogP contribution in [0.1, 0.15) is 37.5 Å².